The fourth-order valence-electron chi connectivity index (χ4n) is 1.65. The van der Waals surface area contributed by atoms with Gasteiger partial charge in [-0.15, -0.1) is 0 Å². The monoisotopic (exact) mass is 233 g/mol. The van der Waals surface area contributed by atoms with Crippen LogP contribution in [0, 0.1) is 17.2 Å². The minimum atomic E-state index is 0.498. The molecule has 3 nitrogen and oxygen atoms in total. The van der Waals surface area contributed by atoms with Crippen molar-refractivity contribution < 1.29 is 9.47 Å². The first-order valence-electron chi connectivity index (χ1n) is 5.92. The van der Waals surface area contributed by atoms with Crippen molar-refractivity contribution in [3.8, 4) is 17.6 Å². The first-order chi connectivity index (χ1) is 8.21. The fourth-order valence-corrected chi connectivity index (χ4v) is 1.65. The van der Waals surface area contributed by atoms with Gasteiger partial charge in [-0.05, 0) is 24.5 Å². The number of nitriles is 1. The molecule has 0 saturated carbocycles. The average Bonchev–Trinajstić information content (AvgIpc) is 2.36. The van der Waals surface area contributed by atoms with E-state index in [-0.39, 0.29) is 0 Å². The predicted octanol–water partition coefficient (Wildman–Crippen LogP) is 3.38. The van der Waals surface area contributed by atoms with Crippen molar-refractivity contribution >= 4 is 0 Å². The molecule has 0 saturated heterocycles. The van der Waals surface area contributed by atoms with E-state index in [0.717, 1.165) is 12.8 Å². The molecule has 0 N–H and O–H groups in total. The number of benzene rings is 1. The normalized spacial score (nSPS) is 11.6. The molecule has 0 aliphatic rings. The highest BCUT2D eigenvalue weighted by Crippen LogP contribution is 2.24. The van der Waals surface area contributed by atoms with Crippen molar-refractivity contribution in [2.75, 3.05) is 13.7 Å². The number of hydrogen-bond donors (Lipinski definition) is 0. The third kappa shape index (κ3) is 3.99. The van der Waals surface area contributed by atoms with Crippen LogP contribution in [0.5, 0.6) is 11.5 Å². The van der Waals surface area contributed by atoms with E-state index in [1.165, 1.54) is 0 Å². The lowest BCUT2D eigenvalue weighted by molar-refractivity contribution is 0.250. The van der Waals surface area contributed by atoms with E-state index in [0.29, 0.717) is 29.6 Å². The number of methoxy groups -OCH3 is 1. The molecule has 0 spiro atoms. The summed E-state index contributed by atoms with van der Waals surface area (Å²) in [5, 5.41) is 8.98. The van der Waals surface area contributed by atoms with Gasteiger partial charge in [-0.25, -0.2) is 0 Å². The number of ether oxygens (including phenoxy) is 2. The van der Waals surface area contributed by atoms with E-state index < -0.39 is 0 Å². The smallest absolute Gasteiger partial charge is 0.140 e. The quantitative estimate of drug-likeness (QED) is 0.756. The van der Waals surface area contributed by atoms with Crippen LogP contribution in [-0.2, 0) is 0 Å². The van der Waals surface area contributed by atoms with Crippen molar-refractivity contribution in [1.29, 1.82) is 5.26 Å². The third-order valence-electron chi connectivity index (χ3n) is 2.61. The van der Waals surface area contributed by atoms with Crippen LogP contribution in [0.15, 0.2) is 18.2 Å². The second-order valence-corrected chi connectivity index (χ2v) is 4.18. The summed E-state index contributed by atoms with van der Waals surface area (Å²) in [6, 6.07) is 7.37. The summed E-state index contributed by atoms with van der Waals surface area (Å²) in [7, 11) is 1.60. The van der Waals surface area contributed by atoms with Crippen LogP contribution in [0.1, 0.15) is 32.3 Å². The van der Waals surface area contributed by atoms with Gasteiger partial charge < -0.3 is 9.47 Å². The Balaban J connectivity index is 2.71. The Morgan fingerprint density at radius 2 is 2.18 bits per heavy atom. The van der Waals surface area contributed by atoms with Crippen molar-refractivity contribution in [3.63, 3.8) is 0 Å². The zero-order chi connectivity index (χ0) is 12.7. The highest BCUT2D eigenvalue weighted by Gasteiger charge is 2.07. The van der Waals surface area contributed by atoms with Gasteiger partial charge in [0.1, 0.15) is 17.6 Å². The molecule has 0 aliphatic heterocycles. The molecule has 1 aromatic carbocycles. The SMILES string of the molecule is CCCC(C)COc1cc(OC)ccc1C#N. The maximum absolute atomic E-state index is 8.98. The summed E-state index contributed by atoms with van der Waals surface area (Å²) in [4.78, 5) is 0. The van der Waals surface area contributed by atoms with E-state index in [9.17, 15) is 0 Å². The number of rotatable bonds is 6. The lowest BCUT2D eigenvalue weighted by Gasteiger charge is -2.13. The second-order valence-electron chi connectivity index (χ2n) is 4.18. The molecule has 0 heterocycles. The van der Waals surface area contributed by atoms with Gasteiger partial charge in [0.2, 0.25) is 0 Å². The van der Waals surface area contributed by atoms with Crippen LogP contribution in [0.3, 0.4) is 0 Å². The first-order valence-corrected chi connectivity index (χ1v) is 5.92. The van der Waals surface area contributed by atoms with Crippen LogP contribution in [0.4, 0.5) is 0 Å². The van der Waals surface area contributed by atoms with Crippen molar-refractivity contribution in [2.24, 2.45) is 5.92 Å². The highest BCUT2D eigenvalue weighted by atomic mass is 16.5. The second kappa shape index (κ2) is 6.80. The molecule has 0 bridgehead atoms. The standard InChI is InChI=1S/C14H19NO2/c1-4-5-11(2)10-17-14-8-13(16-3)7-6-12(14)9-15/h6-8,11H,4-5,10H2,1-3H3. The van der Waals surface area contributed by atoms with Crippen LogP contribution >= 0.6 is 0 Å². The number of hydrogen-bond acceptors (Lipinski definition) is 3. The molecule has 0 fully saturated rings. The Labute approximate surface area is 103 Å². The van der Waals surface area contributed by atoms with Gasteiger partial charge in [0.05, 0.1) is 19.3 Å². The molecule has 92 valence electrons. The summed E-state index contributed by atoms with van der Waals surface area (Å²) in [5.41, 5.74) is 0.550. The van der Waals surface area contributed by atoms with Gasteiger partial charge in [0.15, 0.2) is 0 Å². The predicted molar refractivity (Wildman–Crippen MR) is 67.3 cm³/mol. The van der Waals surface area contributed by atoms with E-state index in [1.807, 2.05) is 0 Å². The van der Waals surface area contributed by atoms with Gasteiger partial charge in [0.25, 0.3) is 0 Å². The van der Waals surface area contributed by atoms with Crippen LogP contribution in [-0.4, -0.2) is 13.7 Å². The minimum absolute atomic E-state index is 0.498. The Morgan fingerprint density at radius 3 is 2.76 bits per heavy atom. The Bertz CT molecular complexity index is 396. The van der Waals surface area contributed by atoms with Gasteiger partial charge in [-0.1, -0.05) is 20.3 Å². The maximum Gasteiger partial charge on any atom is 0.140 e. The van der Waals surface area contributed by atoms with Crippen LogP contribution in [0.2, 0.25) is 0 Å². The van der Waals surface area contributed by atoms with E-state index in [4.69, 9.17) is 14.7 Å². The lowest BCUT2D eigenvalue weighted by atomic mass is 10.1. The summed E-state index contributed by atoms with van der Waals surface area (Å²) in [6.07, 6.45) is 2.28. The summed E-state index contributed by atoms with van der Waals surface area (Å²) in [6.45, 7) is 4.94. The zero-order valence-corrected chi connectivity index (χ0v) is 10.7. The average molecular weight is 233 g/mol. The van der Waals surface area contributed by atoms with Gasteiger partial charge >= 0.3 is 0 Å². The molecule has 0 radical (unpaired) electrons. The van der Waals surface area contributed by atoms with E-state index in [2.05, 4.69) is 19.9 Å². The van der Waals surface area contributed by atoms with Gasteiger partial charge in [0, 0.05) is 6.07 Å². The molecule has 0 aliphatic carbocycles. The molecule has 1 rings (SSSR count). The minimum Gasteiger partial charge on any atom is -0.497 e. The first kappa shape index (κ1) is 13.4. The molecular weight excluding hydrogens is 214 g/mol. The van der Waals surface area contributed by atoms with E-state index in [1.54, 1.807) is 25.3 Å². The molecule has 1 aromatic rings. The summed E-state index contributed by atoms with van der Waals surface area (Å²) in [5.74, 6) is 1.81. The Hall–Kier alpha value is -1.69. The van der Waals surface area contributed by atoms with E-state index >= 15 is 0 Å². The molecule has 0 amide bonds. The largest absolute Gasteiger partial charge is 0.497 e. The number of nitrogens with zero attached hydrogens (tertiary/aromatic N) is 1. The molecule has 3 heteroatoms. The van der Waals surface area contributed by atoms with Crippen molar-refractivity contribution in [1.82, 2.24) is 0 Å². The van der Waals surface area contributed by atoms with Gasteiger partial charge in [-0.2, -0.15) is 5.26 Å². The molecule has 1 atom stereocenters. The fraction of sp³-hybridized carbons (Fsp3) is 0.500. The Morgan fingerprint density at radius 1 is 1.41 bits per heavy atom. The zero-order valence-electron chi connectivity index (χ0n) is 10.7. The van der Waals surface area contributed by atoms with Gasteiger partial charge in [-0.3, -0.25) is 0 Å². The topological polar surface area (TPSA) is 42.2 Å². The maximum atomic E-state index is 8.98. The lowest BCUT2D eigenvalue weighted by Crippen LogP contribution is -2.09. The van der Waals surface area contributed by atoms with Crippen molar-refractivity contribution in [2.45, 2.75) is 26.7 Å². The highest BCUT2D eigenvalue weighted by molar-refractivity contribution is 5.47. The molecule has 1 unspecified atom stereocenters. The summed E-state index contributed by atoms with van der Waals surface area (Å²) < 4.78 is 10.8. The molecule has 17 heavy (non-hydrogen) atoms. The van der Waals surface area contributed by atoms with Crippen LogP contribution in [0.25, 0.3) is 0 Å². The molecular formula is C14H19NO2. The Kier molecular flexibility index (Phi) is 5.35. The van der Waals surface area contributed by atoms with Crippen molar-refractivity contribution in [3.05, 3.63) is 23.8 Å². The van der Waals surface area contributed by atoms with Crippen LogP contribution < -0.4 is 9.47 Å². The molecule has 0 aromatic heterocycles. The third-order valence-corrected chi connectivity index (χ3v) is 2.61. The summed E-state index contributed by atoms with van der Waals surface area (Å²) >= 11 is 0.